The number of rotatable bonds is 6. The van der Waals surface area contributed by atoms with Gasteiger partial charge in [-0.1, -0.05) is 41.3 Å². The summed E-state index contributed by atoms with van der Waals surface area (Å²) in [5, 5.41) is 7.57. The Bertz CT molecular complexity index is 1320. The molecule has 31 heavy (non-hydrogen) atoms. The molecular formula is C22H17FN4O2S2. The molecule has 1 aliphatic rings. The highest BCUT2D eigenvalue weighted by molar-refractivity contribution is 7.99. The minimum Gasteiger partial charge on any atom is -0.349 e. The number of amides is 2. The molecule has 2 aromatic heterocycles. The van der Waals surface area contributed by atoms with Crippen LogP contribution in [0.3, 0.4) is 0 Å². The zero-order valence-electron chi connectivity index (χ0n) is 16.2. The van der Waals surface area contributed by atoms with Crippen LogP contribution in [0, 0.1) is 5.82 Å². The fourth-order valence-electron chi connectivity index (χ4n) is 3.15. The van der Waals surface area contributed by atoms with Crippen LogP contribution >= 0.6 is 23.1 Å². The number of carbonyl (C=O) groups excluding carboxylic acids is 2. The Morgan fingerprint density at radius 3 is 2.77 bits per heavy atom. The molecule has 2 aromatic carbocycles. The van der Waals surface area contributed by atoms with Crippen molar-refractivity contribution < 1.29 is 14.0 Å². The SMILES string of the molecule is O=C(CSc1cc(C(=O)NC2CC2)c2ccccc2n1)Nc1nc2ccc(F)cc2s1. The van der Waals surface area contributed by atoms with E-state index in [0.717, 1.165) is 18.2 Å². The van der Waals surface area contributed by atoms with E-state index in [2.05, 4.69) is 20.6 Å². The second kappa shape index (κ2) is 8.24. The number of para-hydroxylation sites is 1. The van der Waals surface area contributed by atoms with Gasteiger partial charge in [0.1, 0.15) is 5.82 Å². The second-order valence-electron chi connectivity index (χ2n) is 7.24. The van der Waals surface area contributed by atoms with Crippen LogP contribution in [0.1, 0.15) is 23.2 Å². The first-order chi connectivity index (χ1) is 15.0. The van der Waals surface area contributed by atoms with Crippen molar-refractivity contribution in [1.82, 2.24) is 15.3 Å². The number of nitrogens with zero attached hydrogens (tertiary/aromatic N) is 2. The van der Waals surface area contributed by atoms with Crippen LogP contribution < -0.4 is 10.6 Å². The Morgan fingerprint density at radius 1 is 1.10 bits per heavy atom. The van der Waals surface area contributed by atoms with Crippen LogP contribution in [-0.4, -0.2) is 33.6 Å². The van der Waals surface area contributed by atoms with E-state index >= 15 is 0 Å². The quantitative estimate of drug-likeness (QED) is 0.418. The van der Waals surface area contributed by atoms with E-state index in [0.29, 0.717) is 31.5 Å². The van der Waals surface area contributed by atoms with Crippen molar-refractivity contribution in [2.45, 2.75) is 23.9 Å². The molecule has 0 bridgehead atoms. The predicted molar refractivity (Wildman–Crippen MR) is 121 cm³/mol. The zero-order chi connectivity index (χ0) is 21.4. The highest BCUT2D eigenvalue weighted by Crippen LogP contribution is 2.28. The van der Waals surface area contributed by atoms with Gasteiger partial charge in [0.05, 0.1) is 32.1 Å². The summed E-state index contributed by atoms with van der Waals surface area (Å²) < 4.78 is 14.0. The van der Waals surface area contributed by atoms with Gasteiger partial charge in [-0.2, -0.15) is 0 Å². The van der Waals surface area contributed by atoms with E-state index in [9.17, 15) is 14.0 Å². The van der Waals surface area contributed by atoms with Crippen LogP contribution in [-0.2, 0) is 4.79 Å². The van der Waals surface area contributed by atoms with E-state index in [1.807, 2.05) is 24.3 Å². The summed E-state index contributed by atoms with van der Waals surface area (Å²) in [5.41, 5.74) is 1.91. The molecule has 6 nitrogen and oxygen atoms in total. The standard InChI is InChI=1S/C22H17FN4O2S2/c23-12-5-8-17-18(9-12)31-22(26-17)27-19(28)11-30-20-10-15(21(29)24-13-6-7-13)14-3-1-2-4-16(14)25-20/h1-5,8-10,13H,6-7,11H2,(H,24,29)(H,26,27,28). The van der Waals surface area contributed by atoms with Gasteiger partial charge in [0, 0.05) is 11.4 Å². The molecule has 0 saturated heterocycles. The van der Waals surface area contributed by atoms with Gasteiger partial charge in [-0.15, -0.1) is 0 Å². The number of aromatic nitrogens is 2. The molecule has 156 valence electrons. The second-order valence-corrected chi connectivity index (χ2v) is 9.27. The van der Waals surface area contributed by atoms with E-state index in [-0.39, 0.29) is 29.4 Å². The maximum atomic E-state index is 13.3. The Hall–Kier alpha value is -3.04. The van der Waals surface area contributed by atoms with Crippen LogP contribution in [0.25, 0.3) is 21.1 Å². The van der Waals surface area contributed by atoms with Crippen LogP contribution in [0.5, 0.6) is 0 Å². The number of carbonyl (C=O) groups is 2. The summed E-state index contributed by atoms with van der Waals surface area (Å²) in [5.74, 6) is -0.592. The van der Waals surface area contributed by atoms with Crippen molar-refractivity contribution in [2.24, 2.45) is 0 Å². The Balaban J connectivity index is 1.31. The number of fused-ring (bicyclic) bond motifs is 2. The smallest absolute Gasteiger partial charge is 0.252 e. The molecule has 0 aliphatic heterocycles. The summed E-state index contributed by atoms with van der Waals surface area (Å²) in [6.07, 6.45) is 2.02. The number of hydrogen-bond donors (Lipinski definition) is 2. The molecule has 2 N–H and O–H groups in total. The Kier molecular flexibility index (Phi) is 5.29. The summed E-state index contributed by atoms with van der Waals surface area (Å²) in [6.45, 7) is 0. The number of thioether (sulfide) groups is 1. The molecule has 0 atom stereocenters. The maximum Gasteiger partial charge on any atom is 0.252 e. The lowest BCUT2D eigenvalue weighted by atomic mass is 10.1. The number of nitrogens with one attached hydrogen (secondary N) is 2. The van der Waals surface area contributed by atoms with Gasteiger partial charge in [-0.25, -0.2) is 14.4 Å². The lowest BCUT2D eigenvalue weighted by Gasteiger charge is -2.09. The van der Waals surface area contributed by atoms with Gasteiger partial charge < -0.3 is 10.6 Å². The van der Waals surface area contributed by atoms with Gasteiger partial charge in [-0.3, -0.25) is 9.59 Å². The van der Waals surface area contributed by atoms with Crippen molar-refractivity contribution in [1.29, 1.82) is 0 Å². The molecule has 9 heteroatoms. The van der Waals surface area contributed by atoms with E-state index < -0.39 is 0 Å². The molecule has 1 fully saturated rings. The number of hydrogen-bond acceptors (Lipinski definition) is 6. The van der Waals surface area contributed by atoms with E-state index in [4.69, 9.17) is 0 Å². The molecule has 2 amide bonds. The molecule has 1 aliphatic carbocycles. The lowest BCUT2D eigenvalue weighted by Crippen LogP contribution is -2.25. The first kappa shape index (κ1) is 19.9. The third kappa shape index (κ3) is 4.52. The van der Waals surface area contributed by atoms with Crippen LogP contribution in [0.4, 0.5) is 9.52 Å². The van der Waals surface area contributed by atoms with Gasteiger partial charge in [0.2, 0.25) is 5.91 Å². The van der Waals surface area contributed by atoms with Crippen molar-refractivity contribution in [3.05, 3.63) is 59.9 Å². The molecule has 0 radical (unpaired) electrons. The van der Waals surface area contributed by atoms with E-state index in [1.54, 1.807) is 12.1 Å². The first-order valence-electron chi connectivity index (χ1n) is 9.74. The van der Waals surface area contributed by atoms with Gasteiger partial charge in [0.15, 0.2) is 5.13 Å². The third-order valence-electron chi connectivity index (χ3n) is 4.80. The number of pyridine rings is 1. The lowest BCUT2D eigenvalue weighted by molar-refractivity contribution is -0.113. The summed E-state index contributed by atoms with van der Waals surface area (Å²) >= 11 is 2.47. The number of halogens is 1. The molecule has 0 spiro atoms. The monoisotopic (exact) mass is 452 g/mol. The van der Waals surface area contributed by atoms with Crippen molar-refractivity contribution in [3.8, 4) is 0 Å². The fraction of sp³-hybridized carbons (Fsp3) is 0.182. The average Bonchev–Trinajstić information content (AvgIpc) is 3.49. The highest BCUT2D eigenvalue weighted by Gasteiger charge is 2.25. The molecule has 0 unspecified atom stereocenters. The van der Waals surface area contributed by atoms with Crippen molar-refractivity contribution >= 4 is 61.2 Å². The number of anilines is 1. The molecule has 5 rings (SSSR count). The first-order valence-corrected chi connectivity index (χ1v) is 11.5. The van der Waals surface area contributed by atoms with Gasteiger partial charge >= 0.3 is 0 Å². The Morgan fingerprint density at radius 2 is 1.94 bits per heavy atom. The van der Waals surface area contributed by atoms with Gasteiger partial charge in [0.25, 0.3) is 5.91 Å². The maximum absolute atomic E-state index is 13.3. The number of thiazole rings is 1. The summed E-state index contributed by atoms with van der Waals surface area (Å²) in [4.78, 5) is 34.0. The van der Waals surface area contributed by atoms with Crippen molar-refractivity contribution in [2.75, 3.05) is 11.1 Å². The minimum absolute atomic E-state index is 0.110. The van der Waals surface area contributed by atoms with Gasteiger partial charge in [-0.05, 0) is 43.2 Å². The predicted octanol–water partition coefficient (Wildman–Crippen LogP) is 4.61. The molecule has 4 aromatic rings. The fourth-order valence-corrected chi connectivity index (χ4v) is 4.77. The zero-order valence-corrected chi connectivity index (χ0v) is 17.9. The normalized spacial score (nSPS) is 13.5. The van der Waals surface area contributed by atoms with Crippen LogP contribution in [0.15, 0.2) is 53.6 Å². The largest absolute Gasteiger partial charge is 0.349 e. The molecule has 1 saturated carbocycles. The molecule has 2 heterocycles. The third-order valence-corrected chi connectivity index (χ3v) is 6.64. The minimum atomic E-state index is -0.339. The summed E-state index contributed by atoms with van der Waals surface area (Å²) in [6, 6.07) is 13.8. The Labute approximate surface area is 185 Å². The average molecular weight is 453 g/mol. The topological polar surface area (TPSA) is 84.0 Å². The van der Waals surface area contributed by atoms with E-state index in [1.165, 1.54) is 35.2 Å². The van der Waals surface area contributed by atoms with Crippen LogP contribution in [0.2, 0.25) is 0 Å². The summed E-state index contributed by atoms with van der Waals surface area (Å²) in [7, 11) is 0. The molecular weight excluding hydrogens is 435 g/mol. The highest BCUT2D eigenvalue weighted by atomic mass is 32.2. The number of benzene rings is 2. The van der Waals surface area contributed by atoms with Crippen molar-refractivity contribution in [3.63, 3.8) is 0 Å².